The molecule has 3 amide bonds. The molecule has 4 heterocycles. The summed E-state index contributed by atoms with van der Waals surface area (Å²) in [5.41, 5.74) is 2.52. The van der Waals surface area contributed by atoms with Crippen LogP contribution in [0.1, 0.15) is 31.7 Å². The minimum atomic E-state index is -0.741. The highest BCUT2D eigenvalue weighted by atomic mass is 32.2. The largest absolute Gasteiger partial charge is 0.396 e. The number of rotatable bonds is 9. The number of para-hydroxylation sites is 1. The molecule has 0 aliphatic carbocycles. The highest BCUT2D eigenvalue weighted by Gasteiger charge is 2.76. The monoisotopic (exact) mass is 548 g/mol. The molecule has 3 N–H and O–H groups in total. The molecule has 3 fully saturated rings. The van der Waals surface area contributed by atoms with Crippen LogP contribution in [0.2, 0.25) is 0 Å². The molecular weight excluding hydrogens is 516 g/mol. The molecule has 39 heavy (non-hydrogen) atoms. The molecule has 2 aromatic carbocycles. The highest BCUT2D eigenvalue weighted by Crippen LogP contribution is 2.71. The van der Waals surface area contributed by atoms with Crippen molar-refractivity contribution in [1.82, 2.24) is 30.5 Å². The van der Waals surface area contributed by atoms with Gasteiger partial charge in [0.15, 0.2) is 0 Å². The lowest BCUT2D eigenvalue weighted by Crippen LogP contribution is -2.54. The van der Waals surface area contributed by atoms with Crippen molar-refractivity contribution in [3.05, 3.63) is 60.2 Å². The first-order valence-electron chi connectivity index (χ1n) is 13.4. The lowest BCUT2D eigenvalue weighted by molar-refractivity contribution is -0.141. The molecule has 10 nitrogen and oxygen atoms in total. The maximum atomic E-state index is 14.0. The van der Waals surface area contributed by atoms with Gasteiger partial charge in [0.1, 0.15) is 18.2 Å². The van der Waals surface area contributed by atoms with E-state index < -0.39 is 27.4 Å². The first-order chi connectivity index (χ1) is 18.9. The third-order valence-electron chi connectivity index (χ3n) is 8.50. The van der Waals surface area contributed by atoms with E-state index in [0.29, 0.717) is 19.4 Å². The van der Waals surface area contributed by atoms with Crippen molar-refractivity contribution in [2.24, 2.45) is 11.8 Å². The van der Waals surface area contributed by atoms with Crippen LogP contribution >= 0.6 is 11.8 Å². The van der Waals surface area contributed by atoms with E-state index in [1.807, 2.05) is 54.6 Å². The van der Waals surface area contributed by atoms with E-state index >= 15 is 0 Å². The van der Waals surface area contributed by atoms with E-state index in [-0.39, 0.29) is 37.5 Å². The summed E-state index contributed by atoms with van der Waals surface area (Å²) in [6.07, 6.45) is 1.78. The third-order valence-corrected chi connectivity index (χ3v) is 10.5. The Morgan fingerprint density at radius 3 is 2.64 bits per heavy atom. The standard InChI is InChI=1S/C28H32N6O4S/c1-27-12-13-28(39-27)22(21(27)24(36)29-16-18-8-3-2-4-9-18)26(38)33(14-7-15-35)23(28)25(37)30-17-34-20-11-6-5-10-19(20)31-32-34/h2-6,8-11,21-23,35H,7,12-17H2,1H3,(H,29,36)(H,30,37)/t21-,22-,23?,27+,28?/m0/s1. The van der Waals surface area contributed by atoms with E-state index in [1.54, 1.807) is 21.3 Å². The van der Waals surface area contributed by atoms with E-state index in [1.165, 1.54) is 0 Å². The van der Waals surface area contributed by atoms with Crippen molar-refractivity contribution in [2.75, 3.05) is 13.2 Å². The Morgan fingerprint density at radius 1 is 1.08 bits per heavy atom. The summed E-state index contributed by atoms with van der Waals surface area (Å²) < 4.78 is 0.479. The summed E-state index contributed by atoms with van der Waals surface area (Å²) in [4.78, 5) is 43.1. The molecule has 11 heteroatoms. The van der Waals surface area contributed by atoms with Crippen molar-refractivity contribution < 1.29 is 19.5 Å². The second kappa shape index (κ2) is 9.95. The molecule has 0 saturated carbocycles. The summed E-state index contributed by atoms with van der Waals surface area (Å²) in [7, 11) is 0. The number of fused-ring (bicyclic) bond motifs is 2. The van der Waals surface area contributed by atoms with Gasteiger partial charge in [0.25, 0.3) is 0 Å². The Kier molecular flexibility index (Phi) is 6.58. The van der Waals surface area contributed by atoms with Crippen LogP contribution in [-0.2, 0) is 27.6 Å². The maximum Gasteiger partial charge on any atom is 0.245 e. The first-order valence-corrected chi connectivity index (χ1v) is 14.2. The topological polar surface area (TPSA) is 129 Å². The zero-order valence-electron chi connectivity index (χ0n) is 21.7. The number of nitrogens with zero attached hydrogens (tertiary/aromatic N) is 4. The summed E-state index contributed by atoms with van der Waals surface area (Å²) in [6.45, 7) is 2.72. The number of carbonyl (C=O) groups excluding carboxylic acids is 3. The lowest BCUT2D eigenvalue weighted by Gasteiger charge is -2.34. The molecule has 3 saturated heterocycles. The molecule has 6 rings (SSSR count). The van der Waals surface area contributed by atoms with Crippen molar-refractivity contribution in [3.63, 3.8) is 0 Å². The molecule has 5 atom stereocenters. The van der Waals surface area contributed by atoms with Gasteiger partial charge in [-0.2, -0.15) is 0 Å². The molecular formula is C28H32N6O4S. The zero-order chi connectivity index (χ0) is 27.2. The molecule has 0 radical (unpaired) electrons. The molecule has 2 unspecified atom stereocenters. The molecule has 3 aliphatic heterocycles. The van der Waals surface area contributed by atoms with Crippen LogP contribution in [0.5, 0.6) is 0 Å². The van der Waals surface area contributed by atoms with Crippen molar-refractivity contribution >= 4 is 40.5 Å². The van der Waals surface area contributed by atoms with Gasteiger partial charge in [-0.15, -0.1) is 16.9 Å². The molecule has 3 aliphatic rings. The Bertz CT molecular complexity index is 1420. The average molecular weight is 549 g/mol. The van der Waals surface area contributed by atoms with Gasteiger partial charge < -0.3 is 20.6 Å². The normalized spacial score (nSPS) is 29.1. The van der Waals surface area contributed by atoms with Crippen LogP contribution in [0.4, 0.5) is 0 Å². The van der Waals surface area contributed by atoms with Gasteiger partial charge in [-0.05, 0) is 43.9 Å². The molecule has 1 spiro atoms. The quantitative estimate of drug-likeness (QED) is 0.371. The number of amides is 3. The average Bonchev–Trinajstić information content (AvgIpc) is 3.65. The molecule has 3 aromatic rings. The van der Waals surface area contributed by atoms with Gasteiger partial charge in [-0.25, -0.2) is 4.68 Å². The smallest absolute Gasteiger partial charge is 0.245 e. The van der Waals surface area contributed by atoms with Gasteiger partial charge in [-0.1, -0.05) is 47.7 Å². The summed E-state index contributed by atoms with van der Waals surface area (Å²) >= 11 is 1.63. The summed E-state index contributed by atoms with van der Waals surface area (Å²) in [5.74, 6) is -1.73. The number of benzene rings is 2. The Balaban J connectivity index is 1.26. The number of hydrogen-bond donors (Lipinski definition) is 3. The number of aromatic nitrogens is 3. The molecule has 204 valence electrons. The van der Waals surface area contributed by atoms with Gasteiger partial charge in [-0.3, -0.25) is 14.4 Å². The van der Waals surface area contributed by atoms with Crippen LogP contribution in [0, 0.1) is 11.8 Å². The van der Waals surface area contributed by atoms with Crippen LogP contribution in [0.3, 0.4) is 0 Å². The van der Waals surface area contributed by atoms with E-state index in [4.69, 9.17) is 0 Å². The predicted molar refractivity (Wildman–Crippen MR) is 146 cm³/mol. The van der Waals surface area contributed by atoms with Crippen molar-refractivity contribution in [1.29, 1.82) is 0 Å². The number of carbonyl (C=O) groups is 3. The first kappa shape index (κ1) is 25.8. The fourth-order valence-electron chi connectivity index (χ4n) is 6.79. The SMILES string of the molecule is C[C@]12CCC3(S1)C(C(=O)NCn1nnc4ccccc41)N(CCCO)C(=O)[C@@H]3[C@H]2C(=O)NCc1ccccc1. The fraction of sp³-hybridized carbons (Fsp3) is 0.464. The van der Waals surface area contributed by atoms with Gasteiger partial charge in [0, 0.05) is 24.4 Å². The summed E-state index contributed by atoms with van der Waals surface area (Å²) in [5, 5.41) is 23.9. The second-order valence-electron chi connectivity index (χ2n) is 10.8. The predicted octanol–water partition coefficient (Wildman–Crippen LogP) is 1.69. The van der Waals surface area contributed by atoms with Gasteiger partial charge in [0.2, 0.25) is 17.7 Å². The fourth-order valence-corrected chi connectivity index (χ4v) is 9.14. The number of nitrogens with one attached hydrogen (secondary N) is 2. The second-order valence-corrected chi connectivity index (χ2v) is 12.7. The van der Waals surface area contributed by atoms with Crippen LogP contribution in [0.25, 0.3) is 11.0 Å². The number of aliphatic hydroxyl groups excluding tert-OH is 1. The van der Waals surface area contributed by atoms with E-state index in [9.17, 15) is 19.5 Å². The Morgan fingerprint density at radius 2 is 1.85 bits per heavy atom. The zero-order valence-corrected chi connectivity index (χ0v) is 22.6. The highest BCUT2D eigenvalue weighted by molar-refractivity contribution is 8.02. The molecule has 1 aromatic heterocycles. The number of hydrogen-bond acceptors (Lipinski definition) is 7. The van der Waals surface area contributed by atoms with Crippen LogP contribution < -0.4 is 10.6 Å². The van der Waals surface area contributed by atoms with E-state index in [0.717, 1.165) is 23.0 Å². The number of likely N-dealkylation sites (tertiary alicyclic amines) is 1. The van der Waals surface area contributed by atoms with E-state index in [2.05, 4.69) is 27.9 Å². The minimum absolute atomic E-state index is 0.0907. The number of aliphatic hydroxyl groups is 1. The maximum absolute atomic E-state index is 14.0. The number of thioether (sulfide) groups is 1. The Labute approximate surface area is 230 Å². The van der Waals surface area contributed by atoms with Gasteiger partial charge >= 0.3 is 0 Å². The summed E-state index contributed by atoms with van der Waals surface area (Å²) in [6, 6.07) is 16.5. The lowest BCUT2D eigenvalue weighted by atomic mass is 9.66. The van der Waals surface area contributed by atoms with Crippen molar-refractivity contribution in [3.8, 4) is 0 Å². The Hall–Kier alpha value is -3.44. The third kappa shape index (κ3) is 4.19. The molecule has 2 bridgehead atoms. The van der Waals surface area contributed by atoms with Crippen LogP contribution in [-0.4, -0.2) is 71.4 Å². The minimum Gasteiger partial charge on any atom is -0.396 e. The van der Waals surface area contributed by atoms with Gasteiger partial charge in [0.05, 0.1) is 22.1 Å². The van der Waals surface area contributed by atoms with Crippen LogP contribution in [0.15, 0.2) is 54.6 Å². The van der Waals surface area contributed by atoms with Crippen molar-refractivity contribution in [2.45, 2.75) is 54.9 Å².